The van der Waals surface area contributed by atoms with E-state index in [1.807, 2.05) is 0 Å². The maximum absolute atomic E-state index is 11.9. The summed E-state index contributed by atoms with van der Waals surface area (Å²) in [6.45, 7) is 3.25. The smallest absolute Gasteiger partial charge is 0.319 e. The molecule has 2 saturated heterocycles. The van der Waals surface area contributed by atoms with Crippen LogP contribution in [-0.2, 0) is 19.1 Å². The van der Waals surface area contributed by atoms with Gasteiger partial charge < -0.3 is 14.8 Å². The van der Waals surface area contributed by atoms with Crippen molar-refractivity contribution in [3.05, 3.63) is 0 Å². The predicted molar refractivity (Wildman–Crippen MR) is 55.9 cm³/mol. The Kier molecular flexibility index (Phi) is 2.99. The van der Waals surface area contributed by atoms with Crippen molar-refractivity contribution in [2.75, 3.05) is 20.2 Å². The highest BCUT2D eigenvalue weighted by Crippen LogP contribution is 2.40. The van der Waals surface area contributed by atoms with Gasteiger partial charge in [-0.25, -0.2) is 0 Å². The lowest BCUT2D eigenvalue weighted by Crippen LogP contribution is -2.49. The Morgan fingerprint density at radius 3 is 2.69 bits per heavy atom. The molecule has 0 bridgehead atoms. The number of ether oxygens (including phenoxy) is 2. The van der Waals surface area contributed by atoms with Gasteiger partial charge >= 0.3 is 5.97 Å². The molecule has 0 aromatic carbocycles. The molecule has 0 radical (unpaired) electrons. The highest BCUT2D eigenvalue weighted by Gasteiger charge is 2.57. The molecule has 2 unspecified atom stereocenters. The molecule has 16 heavy (non-hydrogen) atoms. The van der Waals surface area contributed by atoms with Crippen LogP contribution >= 0.6 is 0 Å². The highest BCUT2D eigenvalue weighted by molar-refractivity contribution is 6.04. The highest BCUT2D eigenvalue weighted by atomic mass is 16.5. The first-order valence-corrected chi connectivity index (χ1v) is 5.61. The number of Topliss-reactive ketones (excluding diaryl/α,β-unsaturated/α-hetero) is 1. The van der Waals surface area contributed by atoms with E-state index in [0.717, 1.165) is 13.1 Å². The van der Waals surface area contributed by atoms with Gasteiger partial charge in [0.15, 0.2) is 5.78 Å². The third-order valence-corrected chi connectivity index (χ3v) is 3.51. The maximum atomic E-state index is 11.9. The standard InChI is InChI=1S/C11H17NO4/c1-7-9(13)8(10(14)15-2)11(16-7)3-5-12-6-4-11/h7-8,12H,3-6H2,1-2H3. The van der Waals surface area contributed by atoms with Crippen LogP contribution in [0.15, 0.2) is 0 Å². The van der Waals surface area contributed by atoms with E-state index in [0.29, 0.717) is 12.8 Å². The second-order valence-corrected chi connectivity index (χ2v) is 4.43. The molecule has 0 saturated carbocycles. The zero-order valence-corrected chi connectivity index (χ0v) is 9.62. The molecule has 2 aliphatic heterocycles. The minimum Gasteiger partial charge on any atom is -0.468 e. The number of nitrogens with one attached hydrogen (secondary N) is 1. The molecule has 5 heteroatoms. The second-order valence-electron chi connectivity index (χ2n) is 4.43. The van der Waals surface area contributed by atoms with E-state index in [4.69, 9.17) is 9.47 Å². The van der Waals surface area contributed by atoms with Crippen LogP contribution in [0.25, 0.3) is 0 Å². The summed E-state index contributed by atoms with van der Waals surface area (Å²) in [6, 6.07) is 0. The summed E-state index contributed by atoms with van der Waals surface area (Å²) in [7, 11) is 1.31. The fourth-order valence-electron chi connectivity index (χ4n) is 2.68. The molecule has 0 aliphatic carbocycles. The molecule has 1 N–H and O–H groups in total. The summed E-state index contributed by atoms with van der Waals surface area (Å²) in [4.78, 5) is 23.6. The van der Waals surface area contributed by atoms with Crippen molar-refractivity contribution in [3.63, 3.8) is 0 Å². The van der Waals surface area contributed by atoms with Gasteiger partial charge in [-0.1, -0.05) is 0 Å². The molecule has 0 aromatic rings. The van der Waals surface area contributed by atoms with Crippen molar-refractivity contribution in [2.45, 2.75) is 31.5 Å². The number of methoxy groups -OCH3 is 1. The molecular formula is C11H17NO4. The van der Waals surface area contributed by atoms with Crippen LogP contribution in [-0.4, -0.2) is 43.7 Å². The number of carbonyl (C=O) groups is 2. The quantitative estimate of drug-likeness (QED) is 0.500. The lowest BCUT2D eigenvalue weighted by Gasteiger charge is -2.36. The lowest BCUT2D eigenvalue weighted by molar-refractivity contribution is -0.155. The summed E-state index contributed by atoms with van der Waals surface area (Å²) >= 11 is 0. The van der Waals surface area contributed by atoms with Crippen molar-refractivity contribution >= 4 is 11.8 Å². The van der Waals surface area contributed by atoms with Crippen LogP contribution in [0.1, 0.15) is 19.8 Å². The SMILES string of the molecule is COC(=O)C1C(=O)C(C)OC12CCNCC2. The van der Waals surface area contributed by atoms with Crippen LogP contribution in [0.2, 0.25) is 0 Å². The van der Waals surface area contributed by atoms with Gasteiger partial charge in [-0.15, -0.1) is 0 Å². The summed E-state index contributed by atoms with van der Waals surface area (Å²) in [6.07, 6.45) is 0.869. The molecule has 1 spiro atoms. The predicted octanol–water partition coefficient (Wildman–Crippen LogP) is -0.114. The second kappa shape index (κ2) is 4.14. The molecule has 2 rings (SSSR count). The first-order valence-electron chi connectivity index (χ1n) is 5.61. The van der Waals surface area contributed by atoms with Gasteiger partial charge in [0, 0.05) is 0 Å². The summed E-state index contributed by atoms with van der Waals surface area (Å²) in [5.74, 6) is -1.35. The van der Waals surface area contributed by atoms with Crippen molar-refractivity contribution in [3.8, 4) is 0 Å². The molecule has 0 amide bonds. The van der Waals surface area contributed by atoms with Gasteiger partial charge in [0.2, 0.25) is 0 Å². The lowest BCUT2D eigenvalue weighted by atomic mass is 9.79. The van der Waals surface area contributed by atoms with Crippen molar-refractivity contribution in [1.29, 1.82) is 0 Å². The van der Waals surface area contributed by atoms with E-state index < -0.39 is 23.6 Å². The largest absolute Gasteiger partial charge is 0.468 e. The van der Waals surface area contributed by atoms with E-state index in [1.54, 1.807) is 6.92 Å². The Hall–Kier alpha value is -0.940. The first-order chi connectivity index (χ1) is 7.60. The molecule has 5 nitrogen and oxygen atoms in total. The number of carbonyl (C=O) groups excluding carboxylic acids is 2. The van der Waals surface area contributed by atoms with Crippen molar-refractivity contribution in [1.82, 2.24) is 5.32 Å². The van der Waals surface area contributed by atoms with Gasteiger partial charge in [-0.3, -0.25) is 9.59 Å². The molecule has 90 valence electrons. The van der Waals surface area contributed by atoms with Gasteiger partial charge in [-0.2, -0.15) is 0 Å². The van der Waals surface area contributed by atoms with E-state index in [-0.39, 0.29) is 5.78 Å². The molecule has 2 fully saturated rings. The summed E-state index contributed by atoms with van der Waals surface area (Å²) in [5.41, 5.74) is -0.630. The molecule has 2 atom stereocenters. The van der Waals surface area contributed by atoms with Crippen LogP contribution in [0.3, 0.4) is 0 Å². The van der Waals surface area contributed by atoms with Crippen molar-refractivity contribution in [2.24, 2.45) is 5.92 Å². The van der Waals surface area contributed by atoms with Crippen LogP contribution < -0.4 is 5.32 Å². The summed E-state index contributed by atoms with van der Waals surface area (Å²) < 4.78 is 10.5. The minimum absolute atomic E-state index is 0.145. The average Bonchev–Trinajstić information content (AvgIpc) is 2.51. The Bertz CT molecular complexity index is 309. The number of ketones is 1. The van der Waals surface area contributed by atoms with E-state index in [9.17, 15) is 9.59 Å². The van der Waals surface area contributed by atoms with E-state index in [2.05, 4.69) is 5.32 Å². The van der Waals surface area contributed by atoms with Gasteiger partial charge in [-0.05, 0) is 32.9 Å². The van der Waals surface area contributed by atoms with Gasteiger partial charge in [0.25, 0.3) is 0 Å². The van der Waals surface area contributed by atoms with Crippen LogP contribution in [0, 0.1) is 5.92 Å². The van der Waals surface area contributed by atoms with Gasteiger partial charge in [0.1, 0.15) is 12.0 Å². The minimum atomic E-state index is -0.741. The monoisotopic (exact) mass is 227 g/mol. The zero-order chi connectivity index (χ0) is 11.8. The normalized spacial score (nSPS) is 33.0. The Balaban J connectivity index is 2.28. The Labute approximate surface area is 94.5 Å². The average molecular weight is 227 g/mol. The molecular weight excluding hydrogens is 210 g/mol. The fraction of sp³-hybridized carbons (Fsp3) is 0.818. The third-order valence-electron chi connectivity index (χ3n) is 3.51. The topological polar surface area (TPSA) is 64.6 Å². The number of rotatable bonds is 1. The molecule has 0 aromatic heterocycles. The third kappa shape index (κ3) is 1.64. The van der Waals surface area contributed by atoms with E-state index in [1.165, 1.54) is 7.11 Å². The van der Waals surface area contributed by atoms with E-state index >= 15 is 0 Å². The number of piperidine rings is 1. The molecule has 2 heterocycles. The fourth-order valence-corrected chi connectivity index (χ4v) is 2.68. The number of hydrogen-bond acceptors (Lipinski definition) is 5. The Morgan fingerprint density at radius 2 is 2.12 bits per heavy atom. The molecule has 2 aliphatic rings. The number of hydrogen-bond donors (Lipinski definition) is 1. The zero-order valence-electron chi connectivity index (χ0n) is 9.62. The van der Waals surface area contributed by atoms with Crippen LogP contribution in [0.5, 0.6) is 0 Å². The number of esters is 1. The van der Waals surface area contributed by atoms with Crippen molar-refractivity contribution < 1.29 is 19.1 Å². The summed E-state index contributed by atoms with van der Waals surface area (Å²) in [5, 5.41) is 3.20. The first kappa shape index (κ1) is 11.5. The van der Waals surface area contributed by atoms with Gasteiger partial charge in [0.05, 0.1) is 12.7 Å². The Morgan fingerprint density at radius 1 is 1.50 bits per heavy atom. The maximum Gasteiger partial charge on any atom is 0.319 e. The van der Waals surface area contributed by atoms with Crippen LogP contribution in [0.4, 0.5) is 0 Å².